The van der Waals surface area contributed by atoms with Crippen molar-refractivity contribution < 1.29 is 40.2 Å². The van der Waals surface area contributed by atoms with Gasteiger partial charge < -0.3 is 30.6 Å². The Bertz CT molecular complexity index is 207. The van der Waals surface area contributed by atoms with E-state index >= 15 is 0 Å². The van der Waals surface area contributed by atoms with Gasteiger partial charge in [0.15, 0.2) is 12.2 Å². The predicted octanol–water partition coefficient (Wildman–Crippen LogP) is -4.05. The summed E-state index contributed by atoms with van der Waals surface area (Å²) in [4.78, 5) is 20.2. The fourth-order valence-corrected chi connectivity index (χ4v) is 0.666. The first-order valence-electron chi connectivity index (χ1n) is 3.47. The van der Waals surface area contributed by atoms with E-state index in [1.54, 1.807) is 0 Å². The van der Waals surface area contributed by atoms with Crippen LogP contribution in [0, 0.1) is 0 Å². The van der Waals surface area contributed by atoms with Gasteiger partial charge in [-0.3, -0.25) is 0 Å². The van der Waals surface area contributed by atoms with Crippen LogP contribution in [0.1, 0.15) is 0 Å². The molecule has 0 aliphatic rings. The quantitative estimate of drug-likeness (QED) is 0.262. The number of aliphatic hydroxyl groups excluding tert-OH is 4. The van der Waals surface area contributed by atoms with Crippen LogP contribution >= 0.6 is 0 Å². The molecule has 0 spiro atoms. The third kappa shape index (κ3) is 4.89. The molecule has 0 fully saturated rings. The molecule has 0 aliphatic heterocycles. The second-order valence-corrected chi connectivity index (χ2v) is 2.55. The molecule has 0 bridgehead atoms. The minimum absolute atomic E-state index is 0. The van der Waals surface area contributed by atoms with Gasteiger partial charge >= 0.3 is 41.5 Å². The molecule has 0 unspecified atom stereocenters. The topological polar surface area (TPSA) is 156 Å². The van der Waals surface area contributed by atoms with Gasteiger partial charge in [0.05, 0.1) is 0 Å². The number of carboxylic acid groups (broad SMARTS) is 2. The summed E-state index contributed by atoms with van der Waals surface area (Å²) < 4.78 is 0. The van der Waals surface area contributed by atoms with Crippen molar-refractivity contribution in [3.63, 3.8) is 0 Å². The van der Waals surface area contributed by atoms with E-state index in [0.717, 1.165) is 0 Å². The molecular weight excluding hydrogens is 223 g/mol. The van der Waals surface area contributed by atoms with Gasteiger partial charge in [-0.15, -0.1) is 0 Å². The molecule has 0 rings (SSSR count). The Labute approximate surface area is 106 Å². The van der Waals surface area contributed by atoms with E-state index in [1.165, 1.54) is 0 Å². The molecule has 0 saturated carbocycles. The van der Waals surface area contributed by atoms with Crippen molar-refractivity contribution in [3.8, 4) is 0 Å². The zero-order valence-corrected chi connectivity index (χ0v) is 6.81. The molecule has 0 aromatic rings. The zero-order chi connectivity index (χ0) is 11.5. The summed E-state index contributed by atoms with van der Waals surface area (Å²) >= 11 is 0. The van der Waals surface area contributed by atoms with Gasteiger partial charge in [-0.25, -0.2) is 9.59 Å². The molecule has 4 atom stereocenters. The van der Waals surface area contributed by atoms with Crippen LogP contribution in [0.4, 0.5) is 0 Å². The Kier molecular flexibility index (Phi) is 8.16. The van der Waals surface area contributed by atoms with Crippen LogP contribution in [0.2, 0.25) is 0 Å². The summed E-state index contributed by atoms with van der Waals surface area (Å²) in [6, 6.07) is 0. The van der Waals surface area contributed by atoms with Crippen molar-refractivity contribution >= 4 is 41.5 Å². The molecule has 0 aromatic carbocycles. The summed E-state index contributed by atoms with van der Waals surface area (Å²) in [5, 5.41) is 51.5. The zero-order valence-electron chi connectivity index (χ0n) is 6.81. The number of rotatable bonds is 5. The first-order valence-corrected chi connectivity index (χ1v) is 3.47. The van der Waals surface area contributed by atoms with Gasteiger partial charge in [0.25, 0.3) is 0 Å². The molecule has 6 N–H and O–H groups in total. The molecule has 0 aliphatic carbocycles. The number of hydrogen-bond acceptors (Lipinski definition) is 6. The molecule has 0 heterocycles. The summed E-state index contributed by atoms with van der Waals surface area (Å²) in [5.41, 5.74) is 0. The van der Waals surface area contributed by atoms with Crippen molar-refractivity contribution in [2.75, 3.05) is 0 Å². The van der Waals surface area contributed by atoms with Crippen LogP contribution in [0.25, 0.3) is 0 Å². The van der Waals surface area contributed by atoms with Gasteiger partial charge in [-0.05, 0) is 0 Å². The van der Waals surface area contributed by atoms with E-state index < -0.39 is 36.4 Å². The predicted molar refractivity (Wildman–Crippen MR) is 46.4 cm³/mol. The molecule has 8 nitrogen and oxygen atoms in total. The average Bonchev–Trinajstić information content (AvgIpc) is 2.12. The van der Waals surface area contributed by atoms with E-state index in [-0.39, 0.29) is 29.6 Å². The van der Waals surface area contributed by atoms with Crippen molar-refractivity contribution in [2.45, 2.75) is 24.4 Å². The molecule has 15 heavy (non-hydrogen) atoms. The Morgan fingerprint density at radius 2 is 0.933 bits per heavy atom. The summed E-state index contributed by atoms with van der Waals surface area (Å²) in [6.07, 6.45) is -9.28. The SMILES string of the molecule is O=C(O)[C@@H](O)[C@@H](O)[C@H](O)[C@@H](O)C(=O)O.[NaH]. The third-order valence-electron chi connectivity index (χ3n) is 1.50. The first-order chi connectivity index (χ1) is 6.29. The molecule has 0 saturated heterocycles. The van der Waals surface area contributed by atoms with Crippen LogP contribution in [-0.2, 0) is 9.59 Å². The standard InChI is InChI=1S/C6H10O8.Na.H/c7-1(3(9)5(11)12)2(8)4(10)6(13)14;;/h1-4,7-10H,(H,11,12)(H,13,14);;/t1-,2-,3-,4+;;/m0../s1. The summed E-state index contributed by atoms with van der Waals surface area (Å²) in [7, 11) is 0. The van der Waals surface area contributed by atoms with Crippen LogP contribution in [0.15, 0.2) is 0 Å². The second kappa shape index (κ2) is 7.12. The fraction of sp³-hybridized carbons (Fsp3) is 0.667. The maximum absolute atomic E-state index is 10.1. The van der Waals surface area contributed by atoms with E-state index in [1.807, 2.05) is 0 Å². The van der Waals surface area contributed by atoms with E-state index in [0.29, 0.717) is 0 Å². The molecule has 0 radical (unpaired) electrons. The normalized spacial score (nSPS) is 18.1. The van der Waals surface area contributed by atoms with Gasteiger partial charge in [0, 0.05) is 0 Å². The first kappa shape index (κ1) is 17.2. The van der Waals surface area contributed by atoms with Crippen LogP contribution in [-0.4, -0.2) is 96.6 Å². The van der Waals surface area contributed by atoms with Crippen LogP contribution < -0.4 is 0 Å². The van der Waals surface area contributed by atoms with Gasteiger partial charge in [0.2, 0.25) is 0 Å². The summed E-state index contributed by atoms with van der Waals surface area (Å²) in [5.74, 6) is -3.68. The Morgan fingerprint density at radius 3 is 1.07 bits per heavy atom. The number of aliphatic hydroxyl groups is 4. The fourth-order valence-electron chi connectivity index (χ4n) is 0.666. The van der Waals surface area contributed by atoms with E-state index in [9.17, 15) is 9.59 Å². The maximum atomic E-state index is 10.1. The number of carbonyl (C=O) groups is 2. The van der Waals surface area contributed by atoms with Crippen LogP contribution in [0.3, 0.4) is 0 Å². The average molecular weight is 234 g/mol. The second-order valence-electron chi connectivity index (χ2n) is 2.55. The third-order valence-corrected chi connectivity index (χ3v) is 1.50. The van der Waals surface area contributed by atoms with Gasteiger partial charge in [-0.1, -0.05) is 0 Å². The Balaban J connectivity index is 0. The Hall–Kier alpha value is -0.220. The van der Waals surface area contributed by atoms with E-state index in [4.69, 9.17) is 30.6 Å². The molecule has 0 amide bonds. The summed E-state index contributed by atoms with van der Waals surface area (Å²) in [6.45, 7) is 0. The van der Waals surface area contributed by atoms with Crippen LogP contribution in [0.5, 0.6) is 0 Å². The van der Waals surface area contributed by atoms with Crippen molar-refractivity contribution in [1.82, 2.24) is 0 Å². The molecule has 0 aromatic heterocycles. The number of hydrogen-bond donors (Lipinski definition) is 6. The number of aliphatic carboxylic acids is 2. The van der Waals surface area contributed by atoms with Crippen molar-refractivity contribution in [1.29, 1.82) is 0 Å². The Morgan fingerprint density at radius 1 is 0.733 bits per heavy atom. The van der Waals surface area contributed by atoms with Crippen molar-refractivity contribution in [2.24, 2.45) is 0 Å². The molecule has 9 heteroatoms. The molecule has 84 valence electrons. The number of carboxylic acids is 2. The molecular formula is C6H11NaO8. The van der Waals surface area contributed by atoms with Crippen molar-refractivity contribution in [3.05, 3.63) is 0 Å². The monoisotopic (exact) mass is 234 g/mol. The van der Waals surface area contributed by atoms with Gasteiger partial charge in [0.1, 0.15) is 12.2 Å². The minimum atomic E-state index is -2.36. The van der Waals surface area contributed by atoms with Gasteiger partial charge in [-0.2, -0.15) is 0 Å². The van der Waals surface area contributed by atoms with E-state index in [2.05, 4.69) is 0 Å².